The lowest BCUT2D eigenvalue weighted by Crippen LogP contribution is -2.43. The predicted octanol–water partition coefficient (Wildman–Crippen LogP) is 5.26. The van der Waals surface area contributed by atoms with Gasteiger partial charge in [0.25, 0.3) is 5.91 Å². The number of para-hydroxylation sites is 2. The van der Waals surface area contributed by atoms with Gasteiger partial charge in [-0.1, -0.05) is 43.3 Å². The number of rotatable bonds is 3. The normalized spacial score (nSPS) is 22.0. The van der Waals surface area contributed by atoms with Gasteiger partial charge in [-0.2, -0.15) is 0 Å². The zero-order valence-corrected chi connectivity index (χ0v) is 20.6. The maximum Gasteiger partial charge on any atom is 0.252 e. The van der Waals surface area contributed by atoms with Gasteiger partial charge in [0.05, 0.1) is 22.1 Å². The van der Waals surface area contributed by atoms with E-state index in [1.165, 1.54) is 21.8 Å². The molecular formula is C29H30N4O2. The molecule has 7 rings (SSSR count). The molecule has 3 atom stereocenters. The molecule has 178 valence electrons. The van der Waals surface area contributed by atoms with Gasteiger partial charge in [0.15, 0.2) is 0 Å². The van der Waals surface area contributed by atoms with Crippen LogP contribution in [0.15, 0.2) is 48.5 Å². The molecule has 0 aliphatic carbocycles. The number of hydrogen-bond acceptors (Lipinski definition) is 3. The Bertz CT molecular complexity index is 1680. The fourth-order valence-electron chi connectivity index (χ4n) is 7.02. The monoisotopic (exact) mass is 466 g/mol. The second-order valence-corrected chi connectivity index (χ2v) is 10.2. The van der Waals surface area contributed by atoms with Gasteiger partial charge in [0.1, 0.15) is 6.23 Å². The van der Waals surface area contributed by atoms with Crippen molar-refractivity contribution in [3.63, 3.8) is 0 Å². The van der Waals surface area contributed by atoms with E-state index in [1.54, 1.807) is 0 Å². The molecule has 3 aromatic carbocycles. The highest BCUT2D eigenvalue weighted by Gasteiger charge is 2.39. The Morgan fingerprint density at radius 3 is 2.37 bits per heavy atom. The first-order chi connectivity index (χ1) is 17.1. The summed E-state index contributed by atoms with van der Waals surface area (Å²) >= 11 is 0. The Labute approximate surface area is 204 Å². The molecule has 0 saturated carbocycles. The Hall–Kier alpha value is -3.35. The number of carbonyl (C=O) groups is 1. The number of hydrogen-bond donors (Lipinski definition) is 1. The summed E-state index contributed by atoms with van der Waals surface area (Å²) in [6.07, 6.45) is 0.880. The Kier molecular flexibility index (Phi) is 4.39. The van der Waals surface area contributed by atoms with Crippen molar-refractivity contribution in [2.24, 2.45) is 5.92 Å². The number of methoxy groups -OCH3 is 1. The van der Waals surface area contributed by atoms with E-state index in [9.17, 15) is 4.79 Å². The van der Waals surface area contributed by atoms with Crippen LogP contribution in [0.25, 0.3) is 43.6 Å². The molecule has 0 spiro atoms. The number of nitrogens with one attached hydrogen (secondary N) is 1. The van der Waals surface area contributed by atoms with Crippen LogP contribution < -0.4 is 5.32 Å². The van der Waals surface area contributed by atoms with Gasteiger partial charge in [-0.05, 0) is 38.2 Å². The van der Waals surface area contributed by atoms with E-state index < -0.39 is 0 Å². The van der Waals surface area contributed by atoms with E-state index >= 15 is 0 Å². The summed E-state index contributed by atoms with van der Waals surface area (Å²) in [5, 5.41) is 7.74. The molecule has 0 saturated heterocycles. The van der Waals surface area contributed by atoms with Gasteiger partial charge in [-0.3, -0.25) is 4.79 Å². The largest absolute Gasteiger partial charge is 0.361 e. The van der Waals surface area contributed by atoms with E-state index in [1.807, 2.05) is 7.11 Å². The fraction of sp³-hybridized carbons (Fsp3) is 0.345. The third-order valence-electron chi connectivity index (χ3n) is 8.47. The quantitative estimate of drug-likeness (QED) is 0.395. The van der Waals surface area contributed by atoms with Crippen molar-refractivity contribution < 1.29 is 9.53 Å². The average molecular weight is 467 g/mol. The molecule has 2 aliphatic heterocycles. The van der Waals surface area contributed by atoms with Crippen LogP contribution >= 0.6 is 0 Å². The summed E-state index contributed by atoms with van der Waals surface area (Å²) in [4.78, 5) is 15.7. The number of nitrogens with zero attached hydrogens (tertiary/aromatic N) is 3. The molecule has 4 heterocycles. The van der Waals surface area contributed by atoms with Gasteiger partial charge in [0, 0.05) is 59.2 Å². The van der Waals surface area contributed by atoms with Crippen molar-refractivity contribution in [3.05, 3.63) is 59.7 Å². The molecule has 6 heteroatoms. The lowest BCUT2D eigenvalue weighted by Gasteiger charge is -2.39. The van der Waals surface area contributed by atoms with Gasteiger partial charge >= 0.3 is 0 Å². The Morgan fingerprint density at radius 1 is 1.00 bits per heavy atom. The van der Waals surface area contributed by atoms with E-state index in [0.29, 0.717) is 6.54 Å². The van der Waals surface area contributed by atoms with Crippen LogP contribution in [0.3, 0.4) is 0 Å². The van der Waals surface area contributed by atoms with Crippen LogP contribution in [-0.4, -0.2) is 47.2 Å². The molecule has 1 N–H and O–H groups in total. The lowest BCUT2D eigenvalue weighted by atomic mass is 9.92. The summed E-state index contributed by atoms with van der Waals surface area (Å²) < 4.78 is 11.3. The van der Waals surface area contributed by atoms with Gasteiger partial charge < -0.3 is 24.1 Å². The minimum absolute atomic E-state index is 0.0302. The number of likely N-dealkylation sites (N-methyl/N-ethyl adjacent to an activating group) is 1. The minimum Gasteiger partial charge on any atom is -0.361 e. The SMILES string of the molecule is CCC1C(N(C)C)Cn2c3ccccc3c3c4c(c5c6ccccc6n(c5c32)C1OC)CNC4=O. The maximum absolute atomic E-state index is 13.3. The second kappa shape index (κ2) is 7.33. The zero-order chi connectivity index (χ0) is 24.0. The second-order valence-electron chi connectivity index (χ2n) is 10.2. The topological polar surface area (TPSA) is 51.4 Å². The van der Waals surface area contributed by atoms with Crippen LogP contribution in [0, 0.1) is 5.92 Å². The number of amides is 1. The first kappa shape index (κ1) is 21.0. The molecule has 3 unspecified atom stereocenters. The third-order valence-corrected chi connectivity index (χ3v) is 8.47. The van der Waals surface area contributed by atoms with E-state index in [2.05, 4.69) is 88.9 Å². The standard InChI is InChI=1S/C29H30N4O2/c1-5-16-22(31(2)3)15-32-20-12-8-6-10-17(20)24-25-19(14-30-28(25)34)23-18-11-7-9-13-21(18)33(29(16)35-4)27(23)26(24)32/h6-13,16,22,29H,5,14-15H2,1-4H3,(H,30,34). The van der Waals surface area contributed by atoms with Gasteiger partial charge in [-0.25, -0.2) is 0 Å². The van der Waals surface area contributed by atoms with Crippen molar-refractivity contribution in [2.75, 3.05) is 21.2 Å². The van der Waals surface area contributed by atoms with Gasteiger partial charge in [-0.15, -0.1) is 0 Å². The number of ether oxygens (including phenoxy) is 1. The van der Waals surface area contributed by atoms with Crippen molar-refractivity contribution in [1.29, 1.82) is 0 Å². The highest BCUT2D eigenvalue weighted by molar-refractivity contribution is 6.30. The van der Waals surface area contributed by atoms with E-state index in [4.69, 9.17) is 4.74 Å². The van der Waals surface area contributed by atoms with Crippen LogP contribution in [0.4, 0.5) is 0 Å². The number of fused-ring (bicyclic) bond motifs is 9. The maximum atomic E-state index is 13.3. The number of benzene rings is 3. The molecule has 6 nitrogen and oxygen atoms in total. The summed E-state index contributed by atoms with van der Waals surface area (Å²) in [5.74, 6) is 0.314. The van der Waals surface area contributed by atoms with E-state index in [0.717, 1.165) is 45.9 Å². The summed E-state index contributed by atoms with van der Waals surface area (Å²) in [6, 6.07) is 17.4. The molecule has 5 aromatic rings. The average Bonchev–Trinajstić information content (AvgIpc) is 3.50. The number of carbonyl (C=O) groups excluding carboxylic acids is 1. The summed E-state index contributed by atoms with van der Waals surface area (Å²) in [6.45, 7) is 3.67. The zero-order valence-electron chi connectivity index (χ0n) is 20.6. The molecule has 2 aliphatic rings. The van der Waals surface area contributed by atoms with Crippen molar-refractivity contribution >= 4 is 49.5 Å². The van der Waals surface area contributed by atoms with Crippen LogP contribution in [0.5, 0.6) is 0 Å². The highest BCUT2D eigenvalue weighted by Crippen LogP contribution is 2.48. The van der Waals surface area contributed by atoms with Crippen LogP contribution in [-0.2, 0) is 17.8 Å². The van der Waals surface area contributed by atoms with Crippen LogP contribution in [0.2, 0.25) is 0 Å². The molecule has 0 radical (unpaired) electrons. The van der Waals surface area contributed by atoms with Crippen LogP contribution in [0.1, 0.15) is 35.5 Å². The fourth-order valence-corrected chi connectivity index (χ4v) is 7.02. The molecule has 35 heavy (non-hydrogen) atoms. The first-order valence-electron chi connectivity index (χ1n) is 12.5. The molecule has 0 fully saturated rings. The lowest BCUT2D eigenvalue weighted by molar-refractivity contribution is -0.0343. The molecule has 0 bridgehead atoms. The van der Waals surface area contributed by atoms with Crippen molar-refractivity contribution in [1.82, 2.24) is 19.4 Å². The smallest absolute Gasteiger partial charge is 0.252 e. The minimum atomic E-state index is -0.118. The highest BCUT2D eigenvalue weighted by atomic mass is 16.5. The Morgan fingerprint density at radius 2 is 1.69 bits per heavy atom. The molecule has 2 aromatic heterocycles. The van der Waals surface area contributed by atoms with Crippen molar-refractivity contribution in [2.45, 2.75) is 38.7 Å². The van der Waals surface area contributed by atoms with Crippen molar-refractivity contribution in [3.8, 4) is 0 Å². The first-order valence-corrected chi connectivity index (χ1v) is 12.5. The molecule has 1 amide bonds. The molecular weight excluding hydrogens is 436 g/mol. The summed E-state index contributed by atoms with van der Waals surface area (Å²) in [7, 11) is 6.18. The predicted molar refractivity (Wildman–Crippen MR) is 141 cm³/mol. The Balaban J connectivity index is 1.82. The number of aromatic nitrogens is 2. The van der Waals surface area contributed by atoms with E-state index in [-0.39, 0.29) is 24.1 Å². The van der Waals surface area contributed by atoms with Gasteiger partial charge in [0.2, 0.25) is 0 Å². The summed E-state index contributed by atoms with van der Waals surface area (Å²) in [5.41, 5.74) is 6.65. The third kappa shape index (κ3) is 2.53.